The fourth-order valence-electron chi connectivity index (χ4n) is 3.55. The van der Waals surface area contributed by atoms with Gasteiger partial charge in [-0.25, -0.2) is 4.98 Å². The number of imidazole rings is 1. The molecule has 2 aliphatic carbocycles. The molecule has 0 saturated heterocycles. The van der Waals surface area contributed by atoms with Gasteiger partial charge in [-0.05, 0) is 50.9 Å². The summed E-state index contributed by atoms with van der Waals surface area (Å²) in [6.07, 6.45) is 9.89. The lowest BCUT2D eigenvalue weighted by Crippen LogP contribution is -2.33. The quantitative estimate of drug-likeness (QED) is 0.716. The highest BCUT2D eigenvalue weighted by Crippen LogP contribution is 2.30. The zero-order chi connectivity index (χ0) is 17.2. The Bertz CT molecular complexity index is 714. The molecule has 0 spiro atoms. The highest BCUT2D eigenvalue weighted by molar-refractivity contribution is 5.84. The van der Waals surface area contributed by atoms with Crippen LogP contribution in [0.5, 0.6) is 0 Å². The second kappa shape index (κ2) is 7.15. The summed E-state index contributed by atoms with van der Waals surface area (Å²) >= 11 is 0. The SMILES string of the molecule is CCCn1cnc2c(NCC3CC3)nc(NC3CCC(N)CC3)nc21. The van der Waals surface area contributed by atoms with E-state index in [2.05, 4.69) is 27.1 Å². The zero-order valence-corrected chi connectivity index (χ0v) is 15.0. The number of rotatable bonds is 7. The van der Waals surface area contributed by atoms with Crippen LogP contribution < -0.4 is 16.4 Å². The summed E-state index contributed by atoms with van der Waals surface area (Å²) < 4.78 is 2.13. The van der Waals surface area contributed by atoms with Gasteiger partial charge in [-0.1, -0.05) is 6.92 Å². The molecule has 2 aromatic heterocycles. The predicted octanol–water partition coefficient (Wildman–Crippen LogP) is 2.74. The van der Waals surface area contributed by atoms with E-state index in [9.17, 15) is 0 Å². The lowest BCUT2D eigenvalue weighted by Gasteiger charge is -2.26. The van der Waals surface area contributed by atoms with Crippen molar-refractivity contribution < 1.29 is 0 Å². The smallest absolute Gasteiger partial charge is 0.227 e. The van der Waals surface area contributed by atoms with E-state index >= 15 is 0 Å². The topological polar surface area (TPSA) is 93.7 Å². The third-order valence-electron chi connectivity index (χ3n) is 5.29. The normalized spacial score (nSPS) is 23.8. The molecule has 0 unspecified atom stereocenters. The highest BCUT2D eigenvalue weighted by Gasteiger charge is 2.23. The lowest BCUT2D eigenvalue weighted by molar-refractivity contribution is 0.410. The fraction of sp³-hybridized carbons (Fsp3) is 0.722. The Morgan fingerprint density at radius 3 is 2.68 bits per heavy atom. The Balaban J connectivity index is 1.59. The number of aryl methyl sites for hydroxylation is 1. The van der Waals surface area contributed by atoms with E-state index < -0.39 is 0 Å². The predicted molar refractivity (Wildman–Crippen MR) is 101 cm³/mol. The molecule has 2 fully saturated rings. The van der Waals surface area contributed by atoms with Crippen molar-refractivity contribution >= 4 is 22.9 Å². The van der Waals surface area contributed by atoms with Gasteiger partial charge in [-0.2, -0.15) is 9.97 Å². The van der Waals surface area contributed by atoms with Crippen LogP contribution in [0.4, 0.5) is 11.8 Å². The van der Waals surface area contributed by atoms with Crippen LogP contribution in [0.2, 0.25) is 0 Å². The van der Waals surface area contributed by atoms with E-state index in [0.717, 1.165) is 68.1 Å². The monoisotopic (exact) mass is 343 g/mol. The van der Waals surface area contributed by atoms with Crippen molar-refractivity contribution in [3.8, 4) is 0 Å². The van der Waals surface area contributed by atoms with Gasteiger partial charge in [0.25, 0.3) is 0 Å². The van der Waals surface area contributed by atoms with Crippen molar-refractivity contribution in [1.29, 1.82) is 0 Å². The number of nitrogens with two attached hydrogens (primary N) is 1. The first-order valence-electron chi connectivity index (χ1n) is 9.71. The van der Waals surface area contributed by atoms with Gasteiger partial charge in [-0.3, -0.25) is 0 Å². The molecule has 0 aromatic carbocycles. The van der Waals surface area contributed by atoms with Crippen LogP contribution in [-0.4, -0.2) is 38.1 Å². The molecule has 2 saturated carbocycles. The fourth-order valence-corrected chi connectivity index (χ4v) is 3.55. The third kappa shape index (κ3) is 3.86. The maximum Gasteiger partial charge on any atom is 0.227 e. The molecule has 0 bridgehead atoms. The first-order chi connectivity index (χ1) is 12.2. The Kier molecular flexibility index (Phi) is 4.74. The molecule has 4 rings (SSSR count). The van der Waals surface area contributed by atoms with Crippen LogP contribution in [0.1, 0.15) is 51.9 Å². The molecule has 0 aliphatic heterocycles. The third-order valence-corrected chi connectivity index (χ3v) is 5.29. The molecule has 2 heterocycles. The molecule has 0 amide bonds. The number of anilines is 2. The summed E-state index contributed by atoms with van der Waals surface area (Å²) in [7, 11) is 0. The summed E-state index contributed by atoms with van der Waals surface area (Å²) in [4.78, 5) is 14.1. The van der Waals surface area contributed by atoms with Crippen molar-refractivity contribution in [3.05, 3.63) is 6.33 Å². The van der Waals surface area contributed by atoms with Crippen molar-refractivity contribution in [2.75, 3.05) is 17.2 Å². The van der Waals surface area contributed by atoms with Gasteiger partial charge in [-0.15, -0.1) is 0 Å². The van der Waals surface area contributed by atoms with Crippen molar-refractivity contribution in [3.63, 3.8) is 0 Å². The van der Waals surface area contributed by atoms with E-state index in [1.165, 1.54) is 12.8 Å². The van der Waals surface area contributed by atoms with Crippen LogP contribution in [0.25, 0.3) is 11.2 Å². The summed E-state index contributed by atoms with van der Waals surface area (Å²) in [5, 5.41) is 7.04. The average molecular weight is 343 g/mol. The Labute approximate surface area is 148 Å². The zero-order valence-electron chi connectivity index (χ0n) is 15.0. The van der Waals surface area contributed by atoms with Gasteiger partial charge >= 0.3 is 0 Å². The molecular formula is C18H29N7. The molecule has 4 N–H and O–H groups in total. The molecular weight excluding hydrogens is 314 g/mol. The van der Waals surface area contributed by atoms with Crippen LogP contribution in [0, 0.1) is 5.92 Å². The molecule has 25 heavy (non-hydrogen) atoms. The Morgan fingerprint density at radius 2 is 1.96 bits per heavy atom. The van der Waals surface area contributed by atoms with Gasteiger partial charge in [0.15, 0.2) is 17.0 Å². The van der Waals surface area contributed by atoms with Gasteiger partial charge in [0, 0.05) is 25.2 Å². The van der Waals surface area contributed by atoms with E-state index in [1.807, 2.05) is 6.33 Å². The largest absolute Gasteiger partial charge is 0.368 e. The first kappa shape index (κ1) is 16.6. The van der Waals surface area contributed by atoms with Crippen molar-refractivity contribution in [2.45, 2.75) is 70.5 Å². The minimum atomic E-state index is 0.350. The number of fused-ring (bicyclic) bond motifs is 1. The van der Waals surface area contributed by atoms with E-state index in [0.29, 0.717) is 18.0 Å². The first-order valence-corrected chi connectivity index (χ1v) is 9.71. The summed E-state index contributed by atoms with van der Waals surface area (Å²) in [5.41, 5.74) is 7.82. The van der Waals surface area contributed by atoms with Crippen LogP contribution in [0.3, 0.4) is 0 Å². The summed E-state index contributed by atoms with van der Waals surface area (Å²) in [6.45, 7) is 4.07. The molecule has 0 radical (unpaired) electrons. The molecule has 136 valence electrons. The second-order valence-electron chi connectivity index (χ2n) is 7.59. The number of hydrogen-bond acceptors (Lipinski definition) is 6. The van der Waals surface area contributed by atoms with E-state index in [-0.39, 0.29) is 0 Å². The number of nitrogens with one attached hydrogen (secondary N) is 2. The van der Waals surface area contributed by atoms with Gasteiger partial charge in [0.2, 0.25) is 5.95 Å². The minimum Gasteiger partial charge on any atom is -0.368 e. The Hall–Kier alpha value is -1.89. The number of nitrogens with zero attached hydrogens (tertiary/aromatic N) is 4. The summed E-state index contributed by atoms with van der Waals surface area (Å²) in [6, 6.07) is 0.763. The minimum absolute atomic E-state index is 0.350. The number of aromatic nitrogens is 4. The summed E-state index contributed by atoms with van der Waals surface area (Å²) in [5.74, 6) is 2.37. The van der Waals surface area contributed by atoms with Crippen LogP contribution in [-0.2, 0) is 6.54 Å². The second-order valence-corrected chi connectivity index (χ2v) is 7.59. The molecule has 2 aliphatic rings. The van der Waals surface area contributed by atoms with Gasteiger partial charge in [0.1, 0.15) is 0 Å². The number of hydrogen-bond donors (Lipinski definition) is 3. The average Bonchev–Trinajstić information content (AvgIpc) is 3.36. The molecule has 7 nitrogen and oxygen atoms in total. The van der Waals surface area contributed by atoms with Crippen molar-refractivity contribution in [2.24, 2.45) is 11.7 Å². The van der Waals surface area contributed by atoms with E-state index in [1.54, 1.807) is 0 Å². The molecule has 7 heteroatoms. The maximum atomic E-state index is 6.02. The lowest BCUT2D eigenvalue weighted by atomic mass is 9.92. The molecule has 0 atom stereocenters. The van der Waals surface area contributed by atoms with Gasteiger partial charge in [0.05, 0.1) is 6.33 Å². The van der Waals surface area contributed by atoms with Crippen LogP contribution in [0.15, 0.2) is 6.33 Å². The van der Waals surface area contributed by atoms with E-state index in [4.69, 9.17) is 15.7 Å². The highest BCUT2D eigenvalue weighted by atomic mass is 15.2. The molecule has 2 aromatic rings. The van der Waals surface area contributed by atoms with Crippen molar-refractivity contribution in [1.82, 2.24) is 19.5 Å². The van der Waals surface area contributed by atoms with Crippen LogP contribution >= 0.6 is 0 Å². The standard InChI is InChI=1S/C18H29N7/c1-2-9-25-11-21-15-16(20-10-12-3-4-12)23-18(24-17(15)25)22-14-7-5-13(19)6-8-14/h11-14H,2-10,19H2,1H3,(H2,20,22,23,24). The maximum absolute atomic E-state index is 6.02. The Morgan fingerprint density at radius 1 is 1.16 bits per heavy atom. The van der Waals surface area contributed by atoms with Gasteiger partial charge < -0.3 is 20.9 Å².